The lowest BCUT2D eigenvalue weighted by atomic mass is 10.3. The zero-order chi connectivity index (χ0) is 21.4. The van der Waals surface area contributed by atoms with E-state index in [0.29, 0.717) is 33.8 Å². The van der Waals surface area contributed by atoms with Gasteiger partial charge in [0.15, 0.2) is 11.0 Å². The van der Waals surface area contributed by atoms with Crippen molar-refractivity contribution in [2.45, 2.75) is 17.8 Å². The van der Waals surface area contributed by atoms with Crippen molar-refractivity contribution in [1.29, 1.82) is 0 Å². The van der Waals surface area contributed by atoms with Crippen LogP contribution in [0.3, 0.4) is 0 Å². The average molecular weight is 450 g/mol. The molecular weight excluding hydrogens is 433 g/mol. The third-order valence-corrected chi connectivity index (χ3v) is 6.51. The molecule has 4 heterocycles. The Morgan fingerprint density at radius 2 is 1.97 bits per heavy atom. The number of pyridine rings is 1. The van der Waals surface area contributed by atoms with Crippen LogP contribution < -0.4 is 5.56 Å². The summed E-state index contributed by atoms with van der Waals surface area (Å²) in [7, 11) is 0. The molecule has 6 nitrogen and oxygen atoms in total. The molecule has 0 bridgehead atoms. The molecule has 0 aliphatic heterocycles. The molecule has 5 rings (SSSR count). The minimum absolute atomic E-state index is 0.140. The standard InChI is InChI=1S/C22H16FN5OS2/c1-14-8-9-19-24-15(11-20(29)27(19)12-14)13-31-22-26-25-21(18-7-4-10-30-18)28(22)17-6-3-2-5-16(17)23/h2-12H,13H2,1H3. The van der Waals surface area contributed by atoms with Gasteiger partial charge in [-0.25, -0.2) is 9.37 Å². The van der Waals surface area contributed by atoms with Crippen LogP contribution in [-0.2, 0) is 5.75 Å². The van der Waals surface area contributed by atoms with Crippen LogP contribution in [0.15, 0.2) is 76.1 Å². The number of nitrogens with zero attached hydrogens (tertiary/aromatic N) is 5. The quantitative estimate of drug-likeness (QED) is 0.363. The summed E-state index contributed by atoms with van der Waals surface area (Å²) in [6.45, 7) is 1.93. The Kier molecular flexibility index (Phi) is 5.13. The van der Waals surface area contributed by atoms with Crippen molar-refractivity contribution in [3.63, 3.8) is 0 Å². The van der Waals surface area contributed by atoms with E-state index < -0.39 is 0 Å². The molecule has 31 heavy (non-hydrogen) atoms. The lowest BCUT2D eigenvalue weighted by molar-refractivity contribution is 0.613. The topological polar surface area (TPSA) is 65.1 Å². The number of aromatic nitrogens is 5. The lowest BCUT2D eigenvalue weighted by Gasteiger charge is -2.10. The lowest BCUT2D eigenvalue weighted by Crippen LogP contribution is -2.15. The summed E-state index contributed by atoms with van der Waals surface area (Å²) >= 11 is 2.87. The molecule has 0 spiro atoms. The second kappa shape index (κ2) is 8.09. The number of benzene rings is 1. The number of thioether (sulfide) groups is 1. The first-order valence-electron chi connectivity index (χ1n) is 9.46. The predicted octanol–water partition coefficient (Wildman–Crippen LogP) is 4.74. The normalized spacial score (nSPS) is 11.3. The number of fused-ring (bicyclic) bond motifs is 1. The van der Waals surface area contributed by atoms with Crippen LogP contribution in [0.4, 0.5) is 4.39 Å². The highest BCUT2D eigenvalue weighted by molar-refractivity contribution is 7.98. The molecule has 0 radical (unpaired) electrons. The van der Waals surface area contributed by atoms with E-state index in [-0.39, 0.29) is 11.4 Å². The summed E-state index contributed by atoms with van der Waals surface area (Å²) in [6.07, 6.45) is 1.77. The number of halogens is 1. The van der Waals surface area contributed by atoms with Gasteiger partial charge in [-0.2, -0.15) is 0 Å². The van der Waals surface area contributed by atoms with Gasteiger partial charge >= 0.3 is 0 Å². The molecule has 0 saturated heterocycles. The minimum atomic E-state index is -0.362. The van der Waals surface area contributed by atoms with Gasteiger partial charge in [-0.3, -0.25) is 13.8 Å². The van der Waals surface area contributed by atoms with Gasteiger partial charge in [0.05, 0.1) is 16.3 Å². The predicted molar refractivity (Wildman–Crippen MR) is 120 cm³/mol. The van der Waals surface area contributed by atoms with Crippen LogP contribution in [0.2, 0.25) is 0 Å². The molecule has 0 atom stereocenters. The monoisotopic (exact) mass is 449 g/mol. The summed E-state index contributed by atoms with van der Waals surface area (Å²) in [4.78, 5) is 18.0. The Balaban J connectivity index is 1.53. The van der Waals surface area contributed by atoms with Gasteiger partial charge in [-0.15, -0.1) is 21.5 Å². The van der Waals surface area contributed by atoms with Crippen LogP contribution in [-0.4, -0.2) is 24.1 Å². The number of hydrogen-bond acceptors (Lipinski definition) is 6. The fourth-order valence-corrected chi connectivity index (χ4v) is 4.79. The zero-order valence-electron chi connectivity index (χ0n) is 16.4. The molecule has 4 aromatic heterocycles. The highest BCUT2D eigenvalue weighted by Crippen LogP contribution is 2.32. The van der Waals surface area contributed by atoms with Crippen molar-refractivity contribution >= 4 is 28.7 Å². The van der Waals surface area contributed by atoms with Gasteiger partial charge in [0.25, 0.3) is 5.56 Å². The van der Waals surface area contributed by atoms with E-state index in [1.54, 1.807) is 29.0 Å². The largest absolute Gasteiger partial charge is 0.269 e. The van der Waals surface area contributed by atoms with Gasteiger partial charge in [0.1, 0.15) is 11.5 Å². The van der Waals surface area contributed by atoms with Crippen molar-refractivity contribution in [3.05, 3.63) is 93.6 Å². The van der Waals surface area contributed by atoms with E-state index in [1.807, 2.05) is 36.6 Å². The van der Waals surface area contributed by atoms with Crippen LogP contribution in [0.1, 0.15) is 11.3 Å². The van der Waals surface area contributed by atoms with Crippen molar-refractivity contribution in [2.24, 2.45) is 0 Å². The van der Waals surface area contributed by atoms with Gasteiger partial charge in [0, 0.05) is 18.0 Å². The summed E-state index contributed by atoms with van der Waals surface area (Å²) in [6, 6.07) is 15.6. The second-order valence-corrected chi connectivity index (χ2v) is 8.77. The number of para-hydroxylation sites is 1. The molecule has 0 saturated carbocycles. The average Bonchev–Trinajstić information content (AvgIpc) is 3.43. The van der Waals surface area contributed by atoms with E-state index >= 15 is 0 Å². The highest BCUT2D eigenvalue weighted by Gasteiger charge is 2.19. The van der Waals surface area contributed by atoms with Crippen molar-refractivity contribution in [3.8, 4) is 16.4 Å². The van der Waals surface area contributed by atoms with Crippen molar-refractivity contribution in [2.75, 3.05) is 0 Å². The van der Waals surface area contributed by atoms with Gasteiger partial charge in [-0.1, -0.05) is 36.0 Å². The van der Waals surface area contributed by atoms with Crippen LogP contribution in [0.5, 0.6) is 0 Å². The first-order chi connectivity index (χ1) is 15.1. The molecule has 154 valence electrons. The summed E-state index contributed by atoms with van der Waals surface area (Å²) in [5.74, 6) is 0.611. The summed E-state index contributed by atoms with van der Waals surface area (Å²) in [5.41, 5.74) is 2.43. The van der Waals surface area contributed by atoms with Gasteiger partial charge in [-0.05, 0) is 42.1 Å². The molecule has 0 N–H and O–H groups in total. The van der Waals surface area contributed by atoms with E-state index in [9.17, 15) is 9.18 Å². The molecule has 0 amide bonds. The maximum Gasteiger partial charge on any atom is 0.258 e. The molecular formula is C22H16FN5OS2. The highest BCUT2D eigenvalue weighted by atomic mass is 32.2. The Hall–Kier alpha value is -3.30. The van der Waals surface area contributed by atoms with Crippen molar-refractivity contribution < 1.29 is 4.39 Å². The number of aryl methyl sites for hydroxylation is 1. The fraction of sp³-hybridized carbons (Fsp3) is 0.0909. The van der Waals surface area contributed by atoms with E-state index in [2.05, 4.69) is 15.2 Å². The van der Waals surface area contributed by atoms with E-state index in [1.165, 1.54) is 39.6 Å². The first kappa shape index (κ1) is 19.7. The maximum atomic E-state index is 14.6. The Bertz CT molecular complexity index is 1440. The minimum Gasteiger partial charge on any atom is -0.269 e. The second-order valence-electron chi connectivity index (χ2n) is 6.88. The third-order valence-electron chi connectivity index (χ3n) is 4.68. The fourth-order valence-electron chi connectivity index (χ4n) is 3.25. The van der Waals surface area contributed by atoms with E-state index in [4.69, 9.17) is 0 Å². The molecule has 9 heteroatoms. The molecule has 0 unspecified atom stereocenters. The molecule has 0 aliphatic rings. The van der Waals surface area contributed by atoms with E-state index in [0.717, 1.165) is 10.4 Å². The molecule has 0 fully saturated rings. The van der Waals surface area contributed by atoms with Gasteiger partial charge in [0.2, 0.25) is 0 Å². The number of rotatable bonds is 5. The molecule has 1 aromatic carbocycles. The Morgan fingerprint density at radius 3 is 2.77 bits per heavy atom. The summed E-state index contributed by atoms with van der Waals surface area (Å²) < 4.78 is 17.9. The van der Waals surface area contributed by atoms with Gasteiger partial charge < -0.3 is 0 Å². The van der Waals surface area contributed by atoms with Crippen LogP contribution in [0.25, 0.3) is 22.0 Å². The Labute approximate surface area is 185 Å². The summed E-state index contributed by atoms with van der Waals surface area (Å²) in [5, 5.41) is 11.1. The SMILES string of the molecule is Cc1ccc2nc(CSc3nnc(-c4cccs4)n3-c3ccccc3F)cc(=O)n2c1. The van der Waals surface area contributed by atoms with Crippen LogP contribution in [0, 0.1) is 12.7 Å². The molecule has 5 aromatic rings. The number of thiophene rings is 1. The van der Waals surface area contributed by atoms with Crippen LogP contribution >= 0.6 is 23.1 Å². The molecule has 0 aliphatic carbocycles. The smallest absolute Gasteiger partial charge is 0.258 e. The zero-order valence-corrected chi connectivity index (χ0v) is 18.0. The third kappa shape index (κ3) is 3.77. The van der Waals surface area contributed by atoms with Crippen molar-refractivity contribution in [1.82, 2.24) is 24.1 Å². The maximum absolute atomic E-state index is 14.6. The first-order valence-corrected chi connectivity index (χ1v) is 11.3. The Morgan fingerprint density at radius 1 is 1.10 bits per heavy atom. The number of hydrogen-bond donors (Lipinski definition) is 0.